The van der Waals surface area contributed by atoms with Crippen LogP contribution >= 0.6 is 23.4 Å². The highest BCUT2D eigenvalue weighted by Gasteiger charge is 2.08. The van der Waals surface area contributed by atoms with Gasteiger partial charge in [-0.05, 0) is 30.2 Å². The van der Waals surface area contributed by atoms with Crippen LogP contribution in [0.3, 0.4) is 0 Å². The van der Waals surface area contributed by atoms with Crippen LogP contribution in [0.2, 0.25) is 5.02 Å². The van der Waals surface area contributed by atoms with E-state index in [1.165, 1.54) is 0 Å². The number of carbonyl (C=O) groups excluding carboxylic acids is 1. The number of halogens is 1. The summed E-state index contributed by atoms with van der Waals surface area (Å²) >= 11 is 7.69. The molecule has 4 nitrogen and oxygen atoms in total. The van der Waals surface area contributed by atoms with E-state index >= 15 is 0 Å². The molecule has 134 valence electrons. The number of hydrogen-bond donors (Lipinski definition) is 1. The highest BCUT2D eigenvalue weighted by Crippen LogP contribution is 2.20. The highest BCUT2D eigenvalue weighted by molar-refractivity contribution is 7.99. The first kappa shape index (κ1) is 18.5. The predicted molar refractivity (Wildman–Crippen MR) is 108 cm³/mol. The Hall–Kier alpha value is -2.24. The summed E-state index contributed by atoms with van der Waals surface area (Å²) in [4.78, 5) is 16.4. The van der Waals surface area contributed by atoms with Crippen LogP contribution < -0.4 is 5.32 Å². The van der Waals surface area contributed by atoms with E-state index in [1.54, 1.807) is 18.0 Å². The smallest absolute Gasteiger partial charge is 0.230 e. The van der Waals surface area contributed by atoms with Gasteiger partial charge in [-0.1, -0.05) is 48.0 Å². The molecule has 1 aromatic heterocycles. The number of amides is 1. The van der Waals surface area contributed by atoms with Crippen molar-refractivity contribution in [3.8, 4) is 5.69 Å². The fourth-order valence-electron chi connectivity index (χ4n) is 2.64. The van der Waals surface area contributed by atoms with E-state index in [0.717, 1.165) is 33.4 Å². The maximum absolute atomic E-state index is 12.2. The molecular weight excluding hydrogens is 366 g/mol. The second-order valence-corrected chi connectivity index (χ2v) is 7.23. The zero-order valence-electron chi connectivity index (χ0n) is 14.5. The minimum absolute atomic E-state index is 0.0132. The van der Waals surface area contributed by atoms with Gasteiger partial charge in [0.15, 0.2) is 0 Å². The van der Waals surface area contributed by atoms with Crippen LogP contribution in [0.25, 0.3) is 5.69 Å². The Labute approximate surface area is 162 Å². The lowest BCUT2D eigenvalue weighted by Gasteiger charge is -2.12. The Morgan fingerprint density at radius 1 is 1.15 bits per heavy atom. The third kappa shape index (κ3) is 4.68. The molecule has 1 N–H and O–H groups in total. The van der Waals surface area contributed by atoms with Crippen molar-refractivity contribution in [3.05, 3.63) is 82.9 Å². The molecule has 0 fully saturated rings. The minimum atomic E-state index is 0.0132. The third-order valence-corrected chi connectivity index (χ3v) is 5.35. The molecule has 0 spiro atoms. The molecule has 2 aromatic carbocycles. The van der Waals surface area contributed by atoms with Crippen LogP contribution in [0.15, 0.2) is 60.9 Å². The van der Waals surface area contributed by atoms with Gasteiger partial charge in [0.25, 0.3) is 0 Å². The van der Waals surface area contributed by atoms with Crippen LogP contribution in [0, 0.1) is 6.92 Å². The average Bonchev–Trinajstić information content (AvgIpc) is 3.07. The van der Waals surface area contributed by atoms with Gasteiger partial charge < -0.3 is 9.88 Å². The maximum atomic E-state index is 12.2. The van der Waals surface area contributed by atoms with Crippen molar-refractivity contribution >= 4 is 29.3 Å². The molecular formula is C20H20ClN3OS. The second kappa shape index (κ2) is 8.92. The van der Waals surface area contributed by atoms with E-state index in [0.29, 0.717) is 12.3 Å². The number of imidazole rings is 1. The van der Waals surface area contributed by atoms with Gasteiger partial charge in [0.1, 0.15) is 5.82 Å². The fraction of sp³-hybridized carbons (Fsp3) is 0.200. The summed E-state index contributed by atoms with van der Waals surface area (Å²) in [7, 11) is 0. The molecule has 0 bridgehead atoms. The summed E-state index contributed by atoms with van der Waals surface area (Å²) in [5, 5.41) is 3.74. The molecule has 0 aliphatic heterocycles. The standard InChI is InChI=1S/C20H20ClN3OS/c1-15-22-10-11-24(15)19-9-5-3-6-16(19)12-23-20(25)14-26-13-17-7-2-4-8-18(17)21/h2-11H,12-14H2,1H3,(H,23,25). The Morgan fingerprint density at radius 2 is 1.88 bits per heavy atom. The van der Waals surface area contributed by atoms with E-state index in [9.17, 15) is 4.79 Å². The maximum Gasteiger partial charge on any atom is 0.230 e. The van der Waals surface area contributed by atoms with E-state index in [4.69, 9.17) is 11.6 Å². The van der Waals surface area contributed by atoms with Gasteiger partial charge in [-0.15, -0.1) is 11.8 Å². The molecule has 0 aliphatic carbocycles. The summed E-state index contributed by atoms with van der Waals surface area (Å²) in [5.41, 5.74) is 3.14. The van der Waals surface area contributed by atoms with Crippen LogP contribution in [0.4, 0.5) is 0 Å². The van der Waals surface area contributed by atoms with Crippen LogP contribution in [-0.4, -0.2) is 21.2 Å². The molecule has 0 atom stereocenters. The predicted octanol–water partition coefficient (Wildman–Crippen LogP) is 4.38. The van der Waals surface area contributed by atoms with Gasteiger partial charge in [-0.25, -0.2) is 4.98 Å². The quantitative estimate of drug-likeness (QED) is 0.656. The molecule has 1 heterocycles. The van der Waals surface area contributed by atoms with E-state index in [2.05, 4.69) is 10.3 Å². The van der Waals surface area contributed by atoms with Crippen molar-refractivity contribution in [2.45, 2.75) is 19.2 Å². The SMILES string of the molecule is Cc1nccn1-c1ccccc1CNC(=O)CSCc1ccccc1Cl. The first-order chi connectivity index (χ1) is 12.6. The normalized spacial score (nSPS) is 10.7. The van der Waals surface area contributed by atoms with Gasteiger partial charge in [0.2, 0.25) is 5.91 Å². The van der Waals surface area contributed by atoms with Gasteiger partial charge in [0.05, 0.1) is 11.4 Å². The molecule has 3 rings (SSSR count). The molecule has 26 heavy (non-hydrogen) atoms. The molecule has 0 saturated heterocycles. The largest absolute Gasteiger partial charge is 0.351 e. The van der Waals surface area contributed by atoms with Crippen LogP contribution in [-0.2, 0) is 17.1 Å². The van der Waals surface area contributed by atoms with Crippen molar-refractivity contribution in [2.24, 2.45) is 0 Å². The first-order valence-corrected chi connectivity index (χ1v) is 9.84. The van der Waals surface area contributed by atoms with Crippen molar-refractivity contribution in [1.29, 1.82) is 0 Å². The monoisotopic (exact) mass is 385 g/mol. The fourth-order valence-corrected chi connectivity index (χ4v) is 3.78. The summed E-state index contributed by atoms with van der Waals surface area (Å²) in [6.07, 6.45) is 3.70. The van der Waals surface area contributed by atoms with Crippen LogP contribution in [0.1, 0.15) is 17.0 Å². The van der Waals surface area contributed by atoms with Gasteiger partial charge in [-0.2, -0.15) is 0 Å². The lowest BCUT2D eigenvalue weighted by Crippen LogP contribution is -2.25. The number of nitrogens with one attached hydrogen (secondary N) is 1. The van der Waals surface area contributed by atoms with Crippen molar-refractivity contribution in [3.63, 3.8) is 0 Å². The van der Waals surface area contributed by atoms with E-state index in [-0.39, 0.29) is 5.91 Å². The Bertz CT molecular complexity index is 894. The zero-order valence-corrected chi connectivity index (χ0v) is 16.1. The average molecular weight is 386 g/mol. The number of aromatic nitrogens is 2. The van der Waals surface area contributed by atoms with Gasteiger partial charge in [-0.3, -0.25) is 4.79 Å². The summed E-state index contributed by atoms with van der Waals surface area (Å²) < 4.78 is 2.02. The Balaban J connectivity index is 1.54. The molecule has 6 heteroatoms. The van der Waals surface area contributed by atoms with Crippen molar-refractivity contribution in [1.82, 2.24) is 14.9 Å². The third-order valence-electron chi connectivity index (χ3n) is 4.00. The second-order valence-electron chi connectivity index (χ2n) is 5.83. The number of thioether (sulfide) groups is 1. The molecule has 0 saturated carbocycles. The summed E-state index contributed by atoms with van der Waals surface area (Å²) in [6.45, 7) is 2.44. The lowest BCUT2D eigenvalue weighted by atomic mass is 10.1. The molecule has 0 unspecified atom stereocenters. The number of hydrogen-bond acceptors (Lipinski definition) is 3. The number of rotatable bonds is 7. The minimum Gasteiger partial charge on any atom is -0.351 e. The lowest BCUT2D eigenvalue weighted by molar-refractivity contribution is -0.118. The molecule has 0 aliphatic rings. The number of para-hydroxylation sites is 1. The number of aryl methyl sites for hydroxylation is 1. The number of carbonyl (C=O) groups is 1. The van der Waals surface area contributed by atoms with Crippen molar-refractivity contribution < 1.29 is 4.79 Å². The van der Waals surface area contributed by atoms with E-state index in [1.807, 2.05) is 66.2 Å². The summed E-state index contributed by atoms with van der Waals surface area (Å²) in [6, 6.07) is 15.7. The number of nitrogens with zero attached hydrogens (tertiary/aromatic N) is 2. The zero-order chi connectivity index (χ0) is 18.4. The van der Waals surface area contributed by atoms with Crippen LogP contribution in [0.5, 0.6) is 0 Å². The van der Waals surface area contributed by atoms with E-state index < -0.39 is 0 Å². The molecule has 1 amide bonds. The summed E-state index contributed by atoms with van der Waals surface area (Å²) in [5.74, 6) is 2.05. The molecule has 0 radical (unpaired) electrons. The molecule has 3 aromatic rings. The number of benzene rings is 2. The topological polar surface area (TPSA) is 46.9 Å². The highest BCUT2D eigenvalue weighted by atomic mass is 35.5. The Morgan fingerprint density at radius 3 is 2.62 bits per heavy atom. The van der Waals surface area contributed by atoms with Crippen molar-refractivity contribution in [2.75, 3.05) is 5.75 Å². The van der Waals surface area contributed by atoms with Gasteiger partial charge >= 0.3 is 0 Å². The van der Waals surface area contributed by atoms with Gasteiger partial charge in [0, 0.05) is 29.7 Å². The first-order valence-electron chi connectivity index (χ1n) is 8.31. The Kier molecular flexibility index (Phi) is 6.36.